The number of hydrogen-bond donors (Lipinski definition) is 1. The number of likely N-dealkylation sites (N-methyl/N-ethyl adjacent to an activating group) is 1. The summed E-state index contributed by atoms with van der Waals surface area (Å²) >= 11 is 3.50. The number of nitrogens with one attached hydrogen (secondary N) is 1. The van der Waals surface area contributed by atoms with Crippen molar-refractivity contribution in [3.63, 3.8) is 0 Å². The predicted molar refractivity (Wildman–Crippen MR) is 143 cm³/mol. The zero-order valence-corrected chi connectivity index (χ0v) is 22.1. The number of hydrogen-bond acceptors (Lipinski definition) is 3. The summed E-state index contributed by atoms with van der Waals surface area (Å²) in [6, 6.07) is 24.6. The first kappa shape index (κ1) is 26.5. The lowest BCUT2D eigenvalue weighted by Gasteiger charge is -2.31. The summed E-state index contributed by atoms with van der Waals surface area (Å²) in [7, 11) is 0. The molecule has 0 fully saturated rings. The molecule has 0 saturated carbocycles. The van der Waals surface area contributed by atoms with Crippen LogP contribution in [0, 0.1) is 0 Å². The van der Waals surface area contributed by atoms with Crippen molar-refractivity contribution in [3.8, 4) is 5.75 Å². The van der Waals surface area contributed by atoms with Crippen molar-refractivity contribution in [3.05, 3.63) is 100 Å². The highest BCUT2D eigenvalue weighted by atomic mass is 79.9. The minimum absolute atomic E-state index is 0.153. The molecule has 5 nitrogen and oxygen atoms in total. The Morgan fingerprint density at radius 1 is 0.943 bits per heavy atom. The molecule has 0 aromatic heterocycles. The Labute approximate surface area is 216 Å². The van der Waals surface area contributed by atoms with Gasteiger partial charge in [-0.2, -0.15) is 0 Å². The molecule has 2 amide bonds. The average molecular weight is 537 g/mol. The van der Waals surface area contributed by atoms with Gasteiger partial charge in [0.2, 0.25) is 5.91 Å². The van der Waals surface area contributed by atoms with Crippen molar-refractivity contribution < 1.29 is 14.3 Å². The van der Waals surface area contributed by atoms with E-state index >= 15 is 0 Å². The van der Waals surface area contributed by atoms with Crippen LogP contribution in [0.5, 0.6) is 5.75 Å². The number of carbonyl (C=O) groups is 2. The monoisotopic (exact) mass is 536 g/mol. The summed E-state index contributed by atoms with van der Waals surface area (Å²) in [4.78, 5) is 28.3. The lowest BCUT2D eigenvalue weighted by Crippen LogP contribution is -2.51. The topological polar surface area (TPSA) is 58.6 Å². The van der Waals surface area contributed by atoms with E-state index in [-0.39, 0.29) is 18.4 Å². The van der Waals surface area contributed by atoms with E-state index in [9.17, 15) is 9.59 Å². The van der Waals surface area contributed by atoms with Crippen LogP contribution in [0.4, 0.5) is 0 Å². The molecule has 0 spiro atoms. The third-order valence-electron chi connectivity index (χ3n) is 5.77. The number of ether oxygens (including phenoxy) is 1. The lowest BCUT2D eigenvalue weighted by molar-refractivity contribution is -0.142. The molecular weight excluding hydrogens is 504 g/mol. The number of rotatable bonds is 11. The molecular formula is C29H33BrN2O3. The summed E-state index contributed by atoms with van der Waals surface area (Å²) in [5.74, 6) is 0.621. The van der Waals surface area contributed by atoms with Gasteiger partial charge in [-0.3, -0.25) is 9.59 Å². The zero-order chi connectivity index (χ0) is 25.2. The SMILES string of the molecule is CCNC(=O)[C@@H](Cc1ccccc1)N(Cc1cccc(Br)c1)C(=O)COc1ccc(C(C)C)cc1. The van der Waals surface area contributed by atoms with Crippen LogP contribution >= 0.6 is 15.9 Å². The molecule has 0 aliphatic heterocycles. The van der Waals surface area contributed by atoms with E-state index in [1.807, 2.05) is 85.8 Å². The Bertz CT molecular complexity index is 1100. The Morgan fingerprint density at radius 3 is 2.26 bits per heavy atom. The molecule has 0 aliphatic carbocycles. The van der Waals surface area contributed by atoms with Gasteiger partial charge in [0.25, 0.3) is 5.91 Å². The maximum atomic E-state index is 13.5. The molecule has 3 aromatic carbocycles. The van der Waals surface area contributed by atoms with Crippen LogP contribution < -0.4 is 10.1 Å². The maximum absolute atomic E-state index is 13.5. The number of halogens is 1. The van der Waals surface area contributed by atoms with Crippen molar-refractivity contribution in [2.75, 3.05) is 13.2 Å². The van der Waals surface area contributed by atoms with Gasteiger partial charge in [-0.15, -0.1) is 0 Å². The Kier molecular flexibility index (Phi) is 9.91. The van der Waals surface area contributed by atoms with Crippen molar-refractivity contribution in [2.45, 2.75) is 45.7 Å². The fourth-order valence-electron chi connectivity index (χ4n) is 3.85. The molecule has 0 radical (unpaired) electrons. The van der Waals surface area contributed by atoms with Crippen molar-refractivity contribution >= 4 is 27.7 Å². The molecule has 3 rings (SSSR count). The molecule has 0 bridgehead atoms. The number of benzene rings is 3. The number of amides is 2. The summed E-state index contributed by atoms with van der Waals surface area (Å²) in [5.41, 5.74) is 3.12. The quantitative estimate of drug-likeness (QED) is 0.340. The molecule has 35 heavy (non-hydrogen) atoms. The van der Waals surface area contributed by atoms with Gasteiger partial charge >= 0.3 is 0 Å². The number of carbonyl (C=O) groups excluding carboxylic acids is 2. The largest absolute Gasteiger partial charge is 0.484 e. The Hall–Kier alpha value is -3.12. The van der Waals surface area contributed by atoms with E-state index in [0.717, 1.165) is 15.6 Å². The van der Waals surface area contributed by atoms with E-state index in [1.165, 1.54) is 5.56 Å². The molecule has 3 aromatic rings. The molecule has 0 aliphatic rings. The highest BCUT2D eigenvalue weighted by molar-refractivity contribution is 9.10. The predicted octanol–water partition coefficient (Wildman–Crippen LogP) is 5.73. The van der Waals surface area contributed by atoms with Crippen LogP contribution in [0.25, 0.3) is 0 Å². The molecule has 1 N–H and O–H groups in total. The zero-order valence-electron chi connectivity index (χ0n) is 20.5. The van der Waals surface area contributed by atoms with Crippen molar-refractivity contribution in [1.82, 2.24) is 10.2 Å². The van der Waals surface area contributed by atoms with E-state index in [4.69, 9.17) is 4.74 Å². The Morgan fingerprint density at radius 2 is 1.63 bits per heavy atom. The first-order valence-corrected chi connectivity index (χ1v) is 12.7. The summed E-state index contributed by atoms with van der Waals surface area (Å²) in [5, 5.41) is 2.91. The highest BCUT2D eigenvalue weighted by Crippen LogP contribution is 2.20. The minimum Gasteiger partial charge on any atom is -0.484 e. The van der Waals surface area contributed by atoms with Crippen LogP contribution in [0.15, 0.2) is 83.3 Å². The third-order valence-corrected chi connectivity index (χ3v) is 6.27. The van der Waals surface area contributed by atoms with Gasteiger partial charge in [0.15, 0.2) is 6.61 Å². The second kappa shape index (κ2) is 13.1. The minimum atomic E-state index is -0.671. The molecule has 1 atom stereocenters. The first-order valence-electron chi connectivity index (χ1n) is 12.0. The summed E-state index contributed by atoms with van der Waals surface area (Å²) in [6.45, 7) is 6.77. The van der Waals surface area contributed by atoms with Gasteiger partial charge in [-0.05, 0) is 53.8 Å². The highest BCUT2D eigenvalue weighted by Gasteiger charge is 2.30. The first-order chi connectivity index (χ1) is 16.9. The summed E-state index contributed by atoms with van der Waals surface area (Å²) in [6.07, 6.45) is 0.412. The van der Waals surface area contributed by atoms with Crippen molar-refractivity contribution in [2.24, 2.45) is 0 Å². The van der Waals surface area contributed by atoms with Gasteiger partial charge in [0.05, 0.1) is 0 Å². The smallest absolute Gasteiger partial charge is 0.261 e. The van der Waals surface area contributed by atoms with Crippen LogP contribution in [-0.2, 0) is 22.6 Å². The third kappa shape index (κ3) is 7.96. The van der Waals surface area contributed by atoms with E-state index in [2.05, 4.69) is 35.1 Å². The molecule has 0 unspecified atom stereocenters. The maximum Gasteiger partial charge on any atom is 0.261 e. The fraction of sp³-hybridized carbons (Fsp3) is 0.310. The molecule has 6 heteroatoms. The second-order valence-corrected chi connectivity index (χ2v) is 9.68. The molecule has 0 saturated heterocycles. The van der Waals surface area contributed by atoms with Gasteiger partial charge in [-0.25, -0.2) is 0 Å². The normalized spacial score (nSPS) is 11.7. The molecule has 184 valence electrons. The fourth-order valence-corrected chi connectivity index (χ4v) is 4.30. The standard InChI is InChI=1S/C29H33BrN2O3/c1-4-31-29(34)27(18-22-9-6-5-7-10-22)32(19-23-11-8-12-25(30)17-23)28(33)20-35-26-15-13-24(14-16-26)21(2)3/h5-17,21,27H,4,18-20H2,1-3H3,(H,31,34)/t27-/m1/s1. The van der Waals surface area contributed by atoms with Gasteiger partial charge in [0, 0.05) is 24.0 Å². The van der Waals surface area contributed by atoms with Crippen LogP contribution in [0.3, 0.4) is 0 Å². The van der Waals surface area contributed by atoms with Gasteiger partial charge in [-0.1, -0.05) is 84.4 Å². The van der Waals surface area contributed by atoms with E-state index < -0.39 is 6.04 Å². The summed E-state index contributed by atoms with van der Waals surface area (Å²) < 4.78 is 6.77. The lowest BCUT2D eigenvalue weighted by atomic mass is 10.0. The number of nitrogens with zero attached hydrogens (tertiary/aromatic N) is 1. The second-order valence-electron chi connectivity index (χ2n) is 8.76. The Balaban J connectivity index is 1.86. The molecule has 0 heterocycles. The van der Waals surface area contributed by atoms with Gasteiger partial charge < -0.3 is 15.0 Å². The van der Waals surface area contributed by atoms with E-state index in [1.54, 1.807) is 4.90 Å². The van der Waals surface area contributed by atoms with Crippen LogP contribution in [-0.4, -0.2) is 35.9 Å². The average Bonchev–Trinajstić information content (AvgIpc) is 2.85. The van der Waals surface area contributed by atoms with Gasteiger partial charge in [0.1, 0.15) is 11.8 Å². The van der Waals surface area contributed by atoms with E-state index in [0.29, 0.717) is 31.2 Å². The van der Waals surface area contributed by atoms with Crippen LogP contribution in [0.1, 0.15) is 43.4 Å². The van der Waals surface area contributed by atoms with Crippen molar-refractivity contribution in [1.29, 1.82) is 0 Å². The van der Waals surface area contributed by atoms with Crippen LogP contribution in [0.2, 0.25) is 0 Å².